The number of anilines is 1. The molecule has 20 heavy (non-hydrogen) atoms. The molecule has 1 aromatic heterocycles. The van der Waals surface area contributed by atoms with Gasteiger partial charge in [0.15, 0.2) is 0 Å². The van der Waals surface area contributed by atoms with Crippen molar-refractivity contribution >= 4 is 11.6 Å². The predicted octanol–water partition coefficient (Wildman–Crippen LogP) is 3.35. The maximum atomic E-state index is 12.1. The molecule has 0 aliphatic carbocycles. The fraction of sp³-hybridized carbons (Fsp3) is 0.250. The van der Waals surface area contributed by atoms with E-state index < -0.39 is 0 Å². The lowest BCUT2D eigenvalue weighted by molar-refractivity contribution is 0.102. The number of ether oxygens (including phenoxy) is 1. The van der Waals surface area contributed by atoms with Crippen LogP contribution in [0, 0.1) is 13.8 Å². The normalized spacial score (nSPS) is 10.2. The fourth-order valence-electron chi connectivity index (χ4n) is 1.93. The van der Waals surface area contributed by atoms with Crippen LogP contribution < -0.4 is 10.1 Å². The van der Waals surface area contributed by atoms with Crippen LogP contribution in [-0.4, -0.2) is 17.5 Å². The van der Waals surface area contributed by atoms with E-state index in [9.17, 15) is 4.79 Å². The van der Waals surface area contributed by atoms with E-state index in [0.717, 1.165) is 22.6 Å². The summed E-state index contributed by atoms with van der Waals surface area (Å²) in [5, 5.41) is 2.90. The summed E-state index contributed by atoms with van der Waals surface area (Å²) in [4.78, 5) is 16.1. The van der Waals surface area contributed by atoms with Crippen molar-refractivity contribution in [3.05, 3.63) is 53.3 Å². The van der Waals surface area contributed by atoms with Crippen LogP contribution in [-0.2, 0) is 0 Å². The number of hydrogen-bond donors (Lipinski definition) is 1. The SMILES string of the molecule is CCOc1cc(C)c(NC(=O)c2cccnc2)cc1C. The molecule has 0 radical (unpaired) electrons. The first-order chi connectivity index (χ1) is 9.61. The molecule has 0 fully saturated rings. The molecule has 0 unspecified atom stereocenters. The predicted molar refractivity (Wildman–Crippen MR) is 79.3 cm³/mol. The standard InChI is InChI=1S/C16H18N2O2/c1-4-20-15-9-11(2)14(8-12(15)3)18-16(19)13-6-5-7-17-10-13/h5-10H,4H2,1-3H3,(H,18,19). The number of aryl methyl sites for hydroxylation is 2. The van der Waals surface area contributed by atoms with Gasteiger partial charge in [0.05, 0.1) is 12.2 Å². The zero-order chi connectivity index (χ0) is 14.5. The van der Waals surface area contributed by atoms with Crippen LogP contribution in [0.2, 0.25) is 0 Å². The number of hydrogen-bond acceptors (Lipinski definition) is 3. The molecule has 104 valence electrons. The van der Waals surface area contributed by atoms with Gasteiger partial charge in [-0.25, -0.2) is 0 Å². The van der Waals surface area contributed by atoms with E-state index in [0.29, 0.717) is 12.2 Å². The van der Waals surface area contributed by atoms with Crippen LogP contribution in [0.15, 0.2) is 36.7 Å². The largest absolute Gasteiger partial charge is 0.494 e. The summed E-state index contributed by atoms with van der Waals surface area (Å²) in [6.07, 6.45) is 3.19. The van der Waals surface area contributed by atoms with Crippen molar-refractivity contribution in [2.45, 2.75) is 20.8 Å². The lowest BCUT2D eigenvalue weighted by Gasteiger charge is -2.13. The van der Waals surface area contributed by atoms with Gasteiger partial charge in [-0.3, -0.25) is 9.78 Å². The van der Waals surface area contributed by atoms with Crippen LogP contribution in [0.1, 0.15) is 28.4 Å². The van der Waals surface area contributed by atoms with E-state index in [1.165, 1.54) is 0 Å². The van der Waals surface area contributed by atoms with Crippen molar-refractivity contribution in [2.24, 2.45) is 0 Å². The average Bonchev–Trinajstić information content (AvgIpc) is 2.45. The van der Waals surface area contributed by atoms with Crippen molar-refractivity contribution in [1.29, 1.82) is 0 Å². The number of benzene rings is 1. The van der Waals surface area contributed by atoms with E-state index in [1.54, 1.807) is 24.5 Å². The van der Waals surface area contributed by atoms with Gasteiger partial charge in [0.2, 0.25) is 0 Å². The summed E-state index contributed by atoms with van der Waals surface area (Å²) in [7, 11) is 0. The summed E-state index contributed by atoms with van der Waals surface area (Å²) in [5.41, 5.74) is 3.30. The van der Waals surface area contributed by atoms with Crippen LogP contribution in [0.5, 0.6) is 5.75 Å². The molecule has 1 heterocycles. The van der Waals surface area contributed by atoms with Crippen LogP contribution in [0.25, 0.3) is 0 Å². The molecular formula is C16H18N2O2. The highest BCUT2D eigenvalue weighted by Crippen LogP contribution is 2.26. The number of aromatic nitrogens is 1. The van der Waals surface area contributed by atoms with E-state index in [1.807, 2.05) is 32.9 Å². The topological polar surface area (TPSA) is 51.2 Å². The Bertz CT molecular complexity index is 609. The maximum Gasteiger partial charge on any atom is 0.257 e. The molecule has 0 saturated carbocycles. The van der Waals surface area contributed by atoms with Gasteiger partial charge >= 0.3 is 0 Å². The third kappa shape index (κ3) is 3.15. The highest BCUT2D eigenvalue weighted by molar-refractivity contribution is 6.04. The highest BCUT2D eigenvalue weighted by atomic mass is 16.5. The Morgan fingerprint density at radius 2 is 2.10 bits per heavy atom. The molecular weight excluding hydrogens is 252 g/mol. The average molecular weight is 270 g/mol. The second kappa shape index (κ2) is 6.19. The molecule has 4 nitrogen and oxygen atoms in total. The number of nitrogens with zero attached hydrogens (tertiary/aromatic N) is 1. The number of pyridine rings is 1. The van der Waals surface area contributed by atoms with E-state index >= 15 is 0 Å². The molecule has 0 atom stereocenters. The lowest BCUT2D eigenvalue weighted by Crippen LogP contribution is -2.13. The van der Waals surface area contributed by atoms with Gasteiger partial charge in [-0.15, -0.1) is 0 Å². The number of carbonyl (C=O) groups excluding carboxylic acids is 1. The van der Waals surface area contributed by atoms with Gasteiger partial charge in [0.1, 0.15) is 5.75 Å². The third-order valence-electron chi connectivity index (χ3n) is 2.99. The Hall–Kier alpha value is -2.36. The van der Waals surface area contributed by atoms with E-state index in [2.05, 4.69) is 10.3 Å². The highest BCUT2D eigenvalue weighted by Gasteiger charge is 2.10. The molecule has 2 rings (SSSR count). The lowest BCUT2D eigenvalue weighted by atomic mass is 10.1. The summed E-state index contributed by atoms with van der Waals surface area (Å²) in [6, 6.07) is 7.34. The molecule has 0 saturated heterocycles. The molecule has 0 spiro atoms. The summed E-state index contributed by atoms with van der Waals surface area (Å²) in [5.74, 6) is 0.689. The van der Waals surface area contributed by atoms with Crippen LogP contribution >= 0.6 is 0 Å². The molecule has 0 bridgehead atoms. The first-order valence-corrected chi connectivity index (χ1v) is 6.57. The van der Waals surface area contributed by atoms with Gasteiger partial charge in [-0.05, 0) is 56.2 Å². The Balaban J connectivity index is 2.22. The fourth-order valence-corrected chi connectivity index (χ4v) is 1.93. The Kier molecular flexibility index (Phi) is 4.35. The Labute approximate surface area is 118 Å². The summed E-state index contributed by atoms with van der Waals surface area (Å²) in [6.45, 7) is 6.49. The molecule has 1 amide bonds. The molecule has 4 heteroatoms. The first kappa shape index (κ1) is 14.1. The monoisotopic (exact) mass is 270 g/mol. The zero-order valence-corrected chi connectivity index (χ0v) is 11.9. The molecule has 2 aromatic rings. The van der Waals surface area contributed by atoms with E-state index in [4.69, 9.17) is 4.74 Å². The Morgan fingerprint density at radius 1 is 1.30 bits per heavy atom. The van der Waals surface area contributed by atoms with Gasteiger partial charge in [0, 0.05) is 18.1 Å². The number of amides is 1. The first-order valence-electron chi connectivity index (χ1n) is 6.57. The minimum Gasteiger partial charge on any atom is -0.494 e. The van der Waals surface area contributed by atoms with Gasteiger partial charge in [0.25, 0.3) is 5.91 Å². The van der Waals surface area contributed by atoms with Crippen LogP contribution in [0.4, 0.5) is 5.69 Å². The van der Waals surface area contributed by atoms with Crippen molar-refractivity contribution in [1.82, 2.24) is 4.98 Å². The summed E-state index contributed by atoms with van der Waals surface area (Å²) < 4.78 is 5.54. The Morgan fingerprint density at radius 3 is 2.75 bits per heavy atom. The third-order valence-corrected chi connectivity index (χ3v) is 2.99. The molecule has 0 aliphatic rings. The summed E-state index contributed by atoms with van der Waals surface area (Å²) >= 11 is 0. The van der Waals surface area contributed by atoms with Crippen molar-refractivity contribution in [3.63, 3.8) is 0 Å². The number of carbonyl (C=O) groups is 1. The molecule has 1 N–H and O–H groups in total. The number of nitrogens with one attached hydrogen (secondary N) is 1. The second-order valence-electron chi connectivity index (χ2n) is 4.56. The van der Waals surface area contributed by atoms with Crippen molar-refractivity contribution < 1.29 is 9.53 Å². The van der Waals surface area contributed by atoms with Crippen molar-refractivity contribution in [3.8, 4) is 5.75 Å². The smallest absolute Gasteiger partial charge is 0.257 e. The maximum absolute atomic E-state index is 12.1. The van der Waals surface area contributed by atoms with Crippen LogP contribution in [0.3, 0.4) is 0 Å². The minimum absolute atomic E-state index is 0.162. The second-order valence-corrected chi connectivity index (χ2v) is 4.56. The quantitative estimate of drug-likeness (QED) is 0.927. The van der Waals surface area contributed by atoms with Gasteiger partial charge in [-0.1, -0.05) is 0 Å². The van der Waals surface area contributed by atoms with Gasteiger partial charge < -0.3 is 10.1 Å². The van der Waals surface area contributed by atoms with Crippen molar-refractivity contribution in [2.75, 3.05) is 11.9 Å². The molecule has 0 aliphatic heterocycles. The minimum atomic E-state index is -0.162. The number of rotatable bonds is 4. The van der Waals surface area contributed by atoms with Gasteiger partial charge in [-0.2, -0.15) is 0 Å². The zero-order valence-electron chi connectivity index (χ0n) is 11.9. The molecule has 1 aromatic carbocycles. The van der Waals surface area contributed by atoms with E-state index in [-0.39, 0.29) is 5.91 Å².